The van der Waals surface area contributed by atoms with Crippen LogP contribution >= 0.6 is 11.8 Å². The van der Waals surface area contributed by atoms with Crippen molar-refractivity contribution < 1.29 is 4.74 Å². The molecule has 0 aromatic heterocycles. The van der Waals surface area contributed by atoms with Crippen molar-refractivity contribution in [3.05, 3.63) is 71.8 Å². The van der Waals surface area contributed by atoms with Crippen molar-refractivity contribution in [3.63, 3.8) is 0 Å². The highest BCUT2D eigenvalue weighted by molar-refractivity contribution is 7.98. The van der Waals surface area contributed by atoms with Crippen molar-refractivity contribution in [1.29, 1.82) is 0 Å². The standard InChI is InChI=1S/C21H26OS/c1-4-10-18(11-5-1)16-23-17-21(19-12-6-2-7-13-19)22-20-14-8-3-9-15-20/h1-2,4-7,10-13,20-21H,3,8-9,14-17H2. The highest BCUT2D eigenvalue weighted by atomic mass is 32.2. The van der Waals surface area contributed by atoms with E-state index in [9.17, 15) is 0 Å². The molecule has 23 heavy (non-hydrogen) atoms. The van der Waals surface area contributed by atoms with Gasteiger partial charge in [-0.15, -0.1) is 0 Å². The predicted octanol–water partition coefficient (Wildman–Crippen LogP) is 6.01. The van der Waals surface area contributed by atoms with Crippen LogP contribution in [0.1, 0.15) is 49.3 Å². The largest absolute Gasteiger partial charge is 0.369 e. The second kappa shape index (κ2) is 9.14. The Morgan fingerprint density at radius 1 is 0.870 bits per heavy atom. The molecule has 1 fully saturated rings. The van der Waals surface area contributed by atoms with Gasteiger partial charge in [0, 0.05) is 11.5 Å². The van der Waals surface area contributed by atoms with Crippen LogP contribution in [0.3, 0.4) is 0 Å². The van der Waals surface area contributed by atoms with Crippen LogP contribution in [-0.2, 0) is 10.5 Å². The lowest BCUT2D eigenvalue weighted by Crippen LogP contribution is -2.21. The van der Waals surface area contributed by atoms with Crippen molar-refractivity contribution in [2.24, 2.45) is 0 Å². The van der Waals surface area contributed by atoms with Gasteiger partial charge in [0.05, 0.1) is 12.2 Å². The first-order valence-electron chi connectivity index (χ1n) is 8.74. The van der Waals surface area contributed by atoms with E-state index in [0.717, 1.165) is 11.5 Å². The molecule has 1 saturated carbocycles. The first kappa shape index (κ1) is 16.6. The molecular formula is C21H26OS. The maximum atomic E-state index is 6.49. The Kier molecular flexibility index (Phi) is 6.60. The summed E-state index contributed by atoms with van der Waals surface area (Å²) in [6.45, 7) is 0. The van der Waals surface area contributed by atoms with E-state index in [2.05, 4.69) is 60.7 Å². The number of hydrogen-bond acceptors (Lipinski definition) is 2. The molecule has 1 nitrogen and oxygen atoms in total. The van der Waals surface area contributed by atoms with Crippen molar-refractivity contribution in [1.82, 2.24) is 0 Å². The minimum absolute atomic E-state index is 0.216. The second-order valence-electron chi connectivity index (χ2n) is 6.30. The Balaban J connectivity index is 1.58. The predicted molar refractivity (Wildman–Crippen MR) is 99.7 cm³/mol. The Hall–Kier alpha value is -1.25. The van der Waals surface area contributed by atoms with Gasteiger partial charge in [0.15, 0.2) is 0 Å². The molecule has 1 aliphatic carbocycles. The first-order chi connectivity index (χ1) is 11.4. The minimum atomic E-state index is 0.216. The zero-order valence-corrected chi connectivity index (χ0v) is 14.5. The molecular weight excluding hydrogens is 300 g/mol. The van der Waals surface area contributed by atoms with Crippen molar-refractivity contribution in [3.8, 4) is 0 Å². The summed E-state index contributed by atoms with van der Waals surface area (Å²) in [7, 11) is 0. The van der Waals surface area contributed by atoms with Crippen LogP contribution < -0.4 is 0 Å². The third-order valence-corrected chi connectivity index (χ3v) is 5.54. The van der Waals surface area contributed by atoms with Crippen molar-refractivity contribution in [2.75, 3.05) is 5.75 Å². The lowest BCUT2D eigenvalue weighted by Gasteiger charge is -2.28. The van der Waals surface area contributed by atoms with Crippen LogP contribution in [0, 0.1) is 0 Å². The molecule has 122 valence electrons. The lowest BCUT2D eigenvalue weighted by molar-refractivity contribution is -0.0199. The molecule has 3 rings (SSSR count). The van der Waals surface area contributed by atoms with E-state index >= 15 is 0 Å². The highest BCUT2D eigenvalue weighted by Crippen LogP contribution is 2.30. The fourth-order valence-electron chi connectivity index (χ4n) is 3.17. The maximum Gasteiger partial charge on any atom is 0.0919 e. The van der Waals surface area contributed by atoms with Crippen LogP contribution in [-0.4, -0.2) is 11.9 Å². The van der Waals surface area contributed by atoms with Gasteiger partial charge in [-0.1, -0.05) is 79.9 Å². The molecule has 0 bridgehead atoms. The van der Waals surface area contributed by atoms with Crippen molar-refractivity contribution in [2.45, 2.75) is 50.1 Å². The number of ether oxygens (including phenoxy) is 1. The van der Waals surface area contributed by atoms with Crippen LogP contribution in [0.5, 0.6) is 0 Å². The molecule has 0 spiro atoms. The van der Waals surface area contributed by atoms with Crippen LogP contribution in [0.4, 0.5) is 0 Å². The van der Waals surface area contributed by atoms with E-state index < -0.39 is 0 Å². The second-order valence-corrected chi connectivity index (χ2v) is 7.33. The summed E-state index contributed by atoms with van der Waals surface area (Å²) in [4.78, 5) is 0. The third kappa shape index (κ3) is 5.40. The van der Waals surface area contributed by atoms with Crippen LogP contribution in [0.2, 0.25) is 0 Å². The van der Waals surface area contributed by atoms with Gasteiger partial charge in [-0.25, -0.2) is 0 Å². The molecule has 0 aliphatic heterocycles. The summed E-state index contributed by atoms with van der Waals surface area (Å²) in [6, 6.07) is 21.4. The Labute approximate surface area is 144 Å². The van der Waals surface area contributed by atoms with E-state index in [1.165, 1.54) is 43.2 Å². The fraction of sp³-hybridized carbons (Fsp3) is 0.429. The van der Waals surface area contributed by atoms with E-state index in [0.29, 0.717) is 6.10 Å². The quantitative estimate of drug-likeness (QED) is 0.616. The molecule has 0 heterocycles. The molecule has 2 aromatic carbocycles. The molecule has 1 aliphatic rings. The van der Waals surface area contributed by atoms with Gasteiger partial charge >= 0.3 is 0 Å². The number of thioether (sulfide) groups is 1. The van der Waals surface area contributed by atoms with Crippen molar-refractivity contribution >= 4 is 11.8 Å². The molecule has 0 radical (unpaired) electrons. The third-order valence-electron chi connectivity index (χ3n) is 4.46. The van der Waals surface area contributed by atoms with Gasteiger partial charge in [0.1, 0.15) is 0 Å². The zero-order valence-electron chi connectivity index (χ0n) is 13.7. The molecule has 1 atom stereocenters. The Bertz CT molecular complexity index is 549. The normalized spacial score (nSPS) is 17.0. The van der Waals surface area contributed by atoms with Gasteiger partial charge in [-0.05, 0) is 24.0 Å². The molecule has 2 heteroatoms. The minimum Gasteiger partial charge on any atom is -0.369 e. The SMILES string of the molecule is c1ccc(CSCC(OC2CCCCC2)c2ccccc2)cc1. The molecule has 0 N–H and O–H groups in total. The zero-order chi connectivity index (χ0) is 15.7. The molecule has 0 amide bonds. The van der Waals surface area contributed by atoms with Gasteiger partial charge in [-0.2, -0.15) is 11.8 Å². The van der Waals surface area contributed by atoms with Gasteiger partial charge in [-0.3, -0.25) is 0 Å². The summed E-state index contributed by atoms with van der Waals surface area (Å²) in [6.07, 6.45) is 7.14. The van der Waals surface area contributed by atoms with Crippen LogP contribution in [0.25, 0.3) is 0 Å². The van der Waals surface area contributed by atoms with E-state index in [1.54, 1.807) is 0 Å². The van der Waals surface area contributed by atoms with Gasteiger partial charge in [0.25, 0.3) is 0 Å². The summed E-state index contributed by atoms with van der Waals surface area (Å²) in [5.41, 5.74) is 2.71. The van der Waals surface area contributed by atoms with Crippen LogP contribution in [0.15, 0.2) is 60.7 Å². The van der Waals surface area contributed by atoms with Gasteiger partial charge in [0.2, 0.25) is 0 Å². The topological polar surface area (TPSA) is 9.23 Å². The first-order valence-corrected chi connectivity index (χ1v) is 9.89. The summed E-state index contributed by atoms with van der Waals surface area (Å²) < 4.78 is 6.49. The summed E-state index contributed by atoms with van der Waals surface area (Å²) in [5.74, 6) is 2.08. The van der Waals surface area contributed by atoms with E-state index in [-0.39, 0.29) is 6.10 Å². The van der Waals surface area contributed by atoms with E-state index in [1.807, 2.05) is 11.8 Å². The smallest absolute Gasteiger partial charge is 0.0919 e. The monoisotopic (exact) mass is 326 g/mol. The fourth-order valence-corrected chi connectivity index (χ4v) is 4.20. The average Bonchev–Trinajstić information content (AvgIpc) is 2.63. The molecule has 1 unspecified atom stereocenters. The number of benzene rings is 2. The molecule has 2 aromatic rings. The average molecular weight is 327 g/mol. The summed E-state index contributed by atoms with van der Waals surface area (Å²) in [5, 5.41) is 0. The Morgan fingerprint density at radius 2 is 1.52 bits per heavy atom. The Morgan fingerprint density at radius 3 is 2.22 bits per heavy atom. The number of rotatable bonds is 7. The number of hydrogen-bond donors (Lipinski definition) is 0. The lowest BCUT2D eigenvalue weighted by atomic mass is 9.97. The summed E-state index contributed by atoms with van der Waals surface area (Å²) >= 11 is 1.97. The maximum absolute atomic E-state index is 6.49. The van der Waals surface area contributed by atoms with E-state index in [4.69, 9.17) is 4.74 Å². The highest BCUT2D eigenvalue weighted by Gasteiger charge is 2.20. The molecule has 0 saturated heterocycles. The van der Waals surface area contributed by atoms with Gasteiger partial charge < -0.3 is 4.74 Å².